The average Bonchev–Trinajstić information content (AvgIpc) is 3.31. The number of hydrogen-bond donors (Lipinski definition) is 0. The van der Waals surface area contributed by atoms with Gasteiger partial charge >= 0.3 is 0 Å². The number of benzene rings is 5. The van der Waals surface area contributed by atoms with Gasteiger partial charge in [0, 0.05) is 23.3 Å². The molecule has 1 nitrogen and oxygen atoms in total. The fourth-order valence-electron chi connectivity index (χ4n) is 6.31. The Morgan fingerprint density at radius 1 is 0.625 bits per heavy atom. The Balaban J connectivity index is 1.14. The molecule has 1 heterocycles. The number of fused-ring (bicyclic) bond motifs is 2. The molecule has 2 aliphatic rings. The highest BCUT2D eigenvalue weighted by Crippen LogP contribution is 2.49. The summed E-state index contributed by atoms with van der Waals surface area (Å²) in [6.45, 7) is 3.12. The standard InChI is InChI=1S/C39H33N/c1-29-9-8-10-34(25-29)32-17-13-30(14-18-32)26-31-15-19-33(20-16-31)35-21-22-38-37(27-35)39(23-6-3-7-24-39)28-40(38)36-11-4-2-5-12-36/h2-23,25,27H,24,26,28H2,1H3. The van der Waals surface area contributed by atoms with Crippen molar-refractivity contribution in [1.82, 2.24) is 0 Å². The van der Waals surface area contributed by atoms with Crippen molar-refractivity contribution < 1.29 is 0 Å². The van der Waals surface area contributed by atoms with Crippen LogP contribution in [0.25, 0.3) is 22.3 Å². The van der Waals surface area contributed by atoms with Crippen molar-refractivity contribution in [2.75, 3.05) is 11.4 Å². The molecule has 0 radical (unpaired) electrons. The summed E-state index contributed by atoms with van der Waals surface area (Å²) < 4.78 is 0. The molecule has 1 unspecified atom stereocenters. The van der Waals surface area contributed by atoms with Crippen molar-refractivity contribution in [3.8, 4) is 22.3 Å². The SMILES string of the molecule is Cc1cccc(-c2ccc(Cc3ccc(-c4ccc5c(c4)C4(C=CC=CC4)CN5c4ccccc4)cc3)cc2)c1. The first-order chi connectivity index (χ1) is 19.7. The monoisotopic (exact) mass is 515 g/mol. The number of allylic oxidation sites excluding steroid dienone is 3. The van der Waals surface area contributed by atoms with Gasteiger partial charge < -0.3 is 4.90 Å². The van der Waals surface area contributed by atoms with E-state index in [-0.39, 0.29) is 5.41 Å². The van der Waals surface area contributed by atoms with Gasteiger partial charge in [-0.1, -0.05) is 127 Å². The van der Waals surface area contributed by atoms with Gasteiger partial charge in [0.15, 0.2) is 0 Å². The van der Waals surface area contributed by atoms with Crippen LogP contribution in [0.2, 0.25) is 0 Å². The number of anilines is 2. The third kappa shape index (κ3) is 4.58. The van der Waals surface area contributed by atoms with Gasteiger partial charge in [-0.25, -0.2) is 0 Å². The molecule has 1 heteroatoms. The predicted octanol–water partition coefficient (Wildman–Crippen LogP) is 9.83. The third-order valence-electron chi connectivity index (χ3n) is 8.48. The molecule has 7 rings (SSSR count). The minimum absolute atomic E-state index is 0.0144. The second kappa shape index (κ2) is 10.2. The van der Waals surface area contributed by atoms with Crippen LogP contribution in [0.1, 0.15) is 28.7 Å². The maximum Gasteiger partial charge on any atom is 0.0453 e. The fraction of sp³-hybridized carbons (Fsp3) is 0.128. The highest BCUT2D eigenvalue weighted by molar-refractivity contribution is 5.79. The number of hydrogen-bond acceptors (Lipinski definition) is 1. The first kappa shape index (κ1) is 24.4. The largest absolute Gasteiger partial charge is 0.340 e. The second-order valence-corrected chi connectivity index (χ2v) is 11.2. The van der Waals surface area contributed by atoms with Crippen molar-refractivity contribution in [3.63, 3.8) is 0 Å². The van der Waals surface area contributed by atoms with E-state index in [1.54, 1.807) is 0 Å². The maximum absolute atomic E-state index is 2.48. The van der Waals surface area contributed by atoms with Gasteiger partial charge in [0.1, 0.15) is 0 Å². The Morgan fingerprint density at radius 3 is 1.95 bits per heavy atom. The van der Waals surface area contributed by atoms with Gasteiger partial charge in [0.2, 0.25) is 0 Å². The Kier molecular flexibility index (Phi) is 6.21. The molecule has 5 aromatic carbocycles. The van der Waals surface area contributed by atoms with E-state index in [1.165, 1.54) is 55.9 Å². The van der Waals surface area contributed by atoms with Crippen molar-refractivity contribution in [2.45, 2.75) is 25.2 Å². The summed E-state index contributed by atoms with van der Waals surface area (Å²) in [5, 5.41) is 0. The summed E-state index contributed by atoms with van der Waals surface area (Å²) in [6, 6.07) is 44.7. The number of rotatable bonds is 5. The van der Waals surface area contributed by atoms with Crippen LogP contribution in [-0.4, -0.2) is 6.54 Å². The highest BCUT2D eigenvalue weighted by atomic mass is 15.2. The average molecular weight is 516 g/mol. The first-order valence-electron chi connectivity index (χ1n) is 14.2. The van der Waals surface area contributed by atoms with Gasteiger partial charge in [0.25, 0.3) is 0 Å². The number of para-hydroxylation sites is 1. The fourth-order valence-corrected chi connectivity index (χ4v) is 6.31. The molecule has 40 heavy (non-hydrogen) atoms. The van der Waals surface area contributed by atoms with Gasteiger partial charge in [-0.05, 0) is 83.0 Å². The van der Waals surface area contributed by atoms with Crippen LogP contribution in [0.3, 0.4) is 0 Å². The smallest absolute Gasteiger partial charge is 0.0453 e. The Morgan fingerprint density at radius 2 is 1.30 bits per heavy atom. The van der Waals surface area contributed by atoms with Crippen LogP contribution in [0.15, 0.2) is 146 Å². The van der Waals surface area contributed by atoms with Crippen molar-refractivity contribution in [3.05, 3.63) is 168 Å². The first-order valence-corrected chi connectivity index (χ1v) is 14.2. The van der Waals surface area contributed by atoms with Crippen LogP contribution in [0.4, 0.5) is 11.4 Å². The zero-order chi connectivity index (χ0) is 26.9. The summed E-state index contributed by atoms with van der Waals surface area (Å²) in [7, 11) is 0. The Labute approximate surface area is 237 Å². The van der Waals surface area contributed by atoms with Gasteiger partial charge in [0.05, 0.1) is 0 Å². The van der Waals surface area contributed by atoms with E-state index in [0.29, 0.717) is 0 Å². The summed E-state index contributed by atoms with van der Waals surface area (Å²) in [5.74, 6) is 0. The molecule has 0 fully saturated rings. The third-order valence-corrected chi connectivity index (χ3v) is 8.48. The molecule has 0 N–H and O–H groups in total. The van der Waals surface area contributed by atoms with E-state index in [4.69, 9.17) is 0 Å². The molecule has 1 aliphatic carbocycles. The van der Waals surface area contributed by atoms with Crippen molar-refractivity contribution in [2.24, 2.45) is 0 Å². The van der Waals surface area contributed by atoms with Crippen LogP contribution >= 0.6 is 0 Å². The van der Waals surface area contributed by atoms with Crippen molar-refractivity contribution in [1.29, 1.82) is 0 Å². The van der Waals surface area contributed by atoms with E-state index >= 15 is 0 Å². The van der Waals surface area contributed by atoms with E-state index in [1.807, 2.05) is 0 Å². The van der Waals surface area contributed by atoms with E-state index in [0.717, 1.165) is 19.4 Å². The quantitative estimate of drug-likeness (QED) is 0.225. The van der Waals surface area contributed by atoms with E-state index in [2.05, 4.69) is 157 Å². The summed E-state index contributed by atoms with van der Waals surface area (Å²) in [4.78, 5) is 2.48. The zero-order valence-electron chi connectivity index (χ0n) is 22.9. The summed E-state index contributed by atoms with van der Waals surface area (Å²) >= 11 is 0. The minimum atomic E-state index is 0.0144. The number of aryl methyl sites for hydroxylation is 1. The maximum atomic E-state index is 2.48. The van der Waals surface area contributed by atoms with Gasteiger partial charge in [-0.15, -0.1) is 0 Å². The molecule has 0 aromatic heterocycles. The molecule has 0 bridgehead atoms. The molecular formula is C39H33N. The zero-order valence-corrected chi connectivity index (χ0v) is 22.9. The molecule has 1 aliphatic heterocycles. The number of nitrogens with zero attached hydrogens (tertiary/aromatic N) is 1. The van der Waals surface area contributed by atoms with Crippen LogP contribution in [-0.2, 0) is 11.8 Å². The molecule has 0 saturated heterocycles. The molecule has 194 valence electrons. The lowest BCUT2D eigenvalue weighted by atomic mass is 9.76. The summed E-state index contributed by atoms with van der Waals surface area (Å²) in [5.41, 5.74) is 13.1. The highest BCUT2D eigenvalue weighted by Gasteiger charge is 2.41. The normalized spacial score (nSPS) is 17.4. The predicted molar refractivity (Wildman–Crippen MR) is 169 cm³/mol. The minimum Gasteiger partial charge on any atom is -0.340 e. The second-order valence-electron chi connectivity index (χ2n) is 11.2. The lowest BCUT2D eigenvalue weighted by Gasteiger charge is -2.28. The van der Waals surface area contributed by atoms with Crippen LogP contribution < -0.4 is 4.90 Å². The Hall–Kier alpha value is -4.62. The van der Waals surface area contributed by atoms with Gasteiger partial charge in [-0.3, -0.25) is 0 Å². The topological polar surface area (TPSA) is 3.24 Å². The van der Waals surface area contributed by atoms with Crippen LogP contribution in [0, 0.1) is 6.92 Å². The van der Waals surface area contributed by atoms with E-state index in [9.17, 15) is 0 Å². The van der Waals surface area contributed by atoms with Gasteiger partial charge in [-0.2, -0.15) is 0 Å². The molecule has 5 aromatic rings. The van der Waals surface area contributed by atoms with E-state index < -0.39 is 0 Å². The summed E-state index contributed by atoms with van der Waals surface area (Å²) in [6.07, 6.45) is 11.1. The molecule has 0 amide bonds. The molecule has 1 spiro atoms. The molecule has 0 saturated carbocycles. The molecular weight excluding hydrogens is 482 g/mol. The lowest BCUT2D eigenvalue weighted by Crippen LogP contribution is -2.30. The molecule has 1 atom stereocenters. The Bertz CT molecular complexity index is 1710. The van der Waals surface area contributed by atoms with Crippen molar-refractivity contribution >= 4 is 11.4 Å². The lowest BCUT2D eigenvalue weighted by molar-refractivity contribution is 0.579. The van der Waals surface area contributed by atoms with Crippen LogP contribution in [0.5, 0.6) is 0 Å².